The average Bonchev–Trinajstić information content (AvgIpc) is 2.38. The van der Waals surface area contributed by atoms with Gasteiger partial charge in [0.15, 0.2) is 5.78 Å². The van der Waals surface area contributed by atoms with Gasteiger partial charge >= 0.3 is 0 Å². The Labute approximate surface area is 112 Å². The van der Waals surface area contributed by atoms with Gasteiger partial charge in [0.05, 0.1) is 0 Å². The van der Waals surface area contributed by atoms with Gasteiger partial charge in [-0.05, 0) is 31.6 Å². The molecular weight excluding hydrogens is 239 g/mol. The third-order valence-electron chi connectivity index (χ3n) is 2.76. The van der Waals surface area contributed by atoms with Gasteiger partial charge < -0.3 is 0 Å². The molecule has 0 atom stereocenters. The Morgan fingerprint density at radius 3 is 2.32 bits per heavy atom. The molecule has 0 bridgehead atoms. The molecule has 0 N–H and O–H groups in total. The highest BCUT2D eigenvalue weighted by Crippen LogP contribution is 2.23. The molecule has 2 aromatic carbocycles. The van der Waals surface area contributed by atoms with Crippen LogP contribution in [0.3, 0.4) is 0 Å². The lowest BCUT2D eigenvalue weighted by molar-refractivity contribution is 0.104. The van der Waals surface area contributed by atoms with Crippen molar-refractivity contribution in [2.24, 2.45) is 0 Å². The van der Waals surface area contributed by atoms with Crippen molar-refractivity contribution in [2.45, 2.75) is 13.8 Å². The summed E-state index contributed by atoms with van der Waals surface area (Å²) in [4.78, 5) is 11.8. The highest BCUT2D eigenvalue weighted by molar-refractivity contribution is 6.05. The molecule has 0 fully saturated rings. The Morgan fingerprint density at radius 2 is 1.74 bits per heavy atom. The highest BCUT2D eigenvalue weighted by atomic mass is 19.1. The summed E-state index contributed by atoms with van der Waals surface area (Å²) in [6.45, 7) is 3.68. The summed E-state index contributed by atoms with van der Waals surface area (Å²) >= 11 is 0. The van der Waals surface area contributed by atoms with Gasteiger partial charge in [-0.25, -0.2) is 4.39 Å². The lowest BCUT2D eigenvalue weighted by Gasteiger charge is -2.05. The van der Waals surface area contributed by atoms with Gasteiger partial charge in [-0.2, -0.15) is 0 Å². The molecule has 2 heteroatoms. The SMILES string of the molecule is CC(C)=CC(=O)c1ccc(-c2ccccc2)c(F)c1. The number of allylic oxidation sites excluding steroid dienone is 2. The van der Waals surface area contributed by atoms with E-state index in [9.17, 15) is 9.18 Å². The van der Waals surface area contributed by atoms with Crippen LogP contribution in [0, 0.1) is 5.82 Å². The maximum absolute atomic E-state index is 14.1. The van der Waals surface area contributed by atoms with E-state index in [1.54, 1.807) is 12.1 Å². The van der Waals surface area contributed by atoms with Gasteiger partial charge in [-0.1, -0.05) is 48.0 Å². The molecule has 2 rings (SSSR count). The van der Waals surface area contributed by atoms with Crippen molar-refractivity contribution in [3.05, 3.63) is 71.6 Å². The van der Waals surface area contributed by atoms with E-state index in [0.29, 0.717) is 11.1 Å². The average molecular weight is 254 g/mol. The Bertz CT molecular complexity index is 623. The standard InChI is InChI=1S/C17H15FO/c1-12(2)10-17(19)14-8-9-15(16(18)11-14)13-6-4-3-5-7-13/h3-11H,1-2H3. The van der Waals surface area contributed by atoms with Crippen LogP contribution in [0.2, 0.25) is 0 Å². The van der Waals surface area contributed by atoms with Crippen molar-refractivity contribution >= 4 is 5.78 Å². The molecule has 19 heavy (non-hydrogen) atoms. The molecule has 0 unspecified atom stereocenters. The van der Waals surface area contributed by atoms with E-state index in [0.717, 1.165) is 11.1 Å². The monoisotopic (exact) mass is 254 g/mol. The molecule has 0 saturated carbocycles. The molecule has 0 saturated heterocycles. The molecule has 1 nitrogen and oxygen atoms in total. The Morgan fingerprint density at radius 1 is 1.05 bits per heavy atom. The van der Waals surface area contributed by atoms with Gasteiger partial charge in [0.25, 0.3) is 0 Å². The fraction of sp³-hybridized carbons (Fsp3) is 0.118. The zero-order valence-electron chi connectivity index (χ0n) is 11.0. The van der Waals surface area contributed by atoms with E-state index < -0.39 is 0 Å². The second-order valence-electron chi connectivity index (χ2n) is 4.65. The lowest BCUT2D eigenvalue weighted by Crippen LogP contribution is -1.97. The number of rotatable bonds is 3. The summed E-state index contributed by atoms with van der Waals surface area (Å²) in [5, 5.41) is 0. The van der Waals surface area contributed by atoms with Crippen molar-refractivity contribution in [1.82, 2.24) is 0 Å². The summed E-state index contributed by atoms with van der Waals surface area (Å²) in [5.41, 5.74) is 2.59. The first-order valence-corrected chi connectivity index (χ1v) is 6.12. The number of ketones is 1. The second-order valence-corrected chi connectivity index (χ2v) is 4.65. The Hall–Kier alpha value is -2.22. The molecule has 0 aliphatic heterocycles. The molecule has 0 spiro atoms. The first-order valence-electron chi connectivity index (χ1n) is 6.12. The smallest absolute Gasteiger partial charge is 0.185 e. The normalized spacial score (nSPS) is 10.1. The predicted octanol–water partition coefficient (Wildman–Crippen LogP) is 4.64. The topological polar surface area (TPSA) is 17.1 Å². The van der Waals surface area contributed by atoms with Crippen molar-refractivity contribution in [1.29, 1.82) is 0 Å². The van der Waals surface area contributed by atoms with Crippen LogP contribution in [0.4, 0.5) is 4.39 Å². The molecule has 0 heterocycles. The minimum atomic E-state index is -0.376. The quantitative estimate of drug-likeness (QED) is 0.576. The fourth-order valence-corrected chi connectivity index (χ4v) is 1.87. The van der Waals surface area contributed by atoms with Crippen LogP contribution in [0.5, 0.6) is 0 Å². The van der Waals surface area contributed by atoms with Crippen molar-refractivity contribution in [2.75, 3.05) is 0 Å². The molecule has 0 aromatic heterocycles. The van der Waals surface area contributed by atoms with Crippen molar-refractivity contribution in [3.8, 4) is 11.1 Å². The maximum atomic E-state index is 14.1. The molecule has 0 aliphatic rings. The summed E-state index contributed by atoms with van der Waals surface area (Å²) in [6, 6.07) is 13.9. The van der Waals surface area contributed by atoms with Gasteiger partial charge in [0, 0.05) is 11.1 Å². The summed E-state index contributed by atoms with van der Waals surface area (Å²) < 4.78 is 14.1. The number of hydrogen-bond acceptors (Lipinski definition) is 1. The van der Waals surface area contributed by atoms with Crippen LogP contribution < -0.4 is 0 Å². The van der Waals surface area contributed by atoms with Crippen LogP contribution in [0.1, 0.15) is 24.2 Å². The van der Waals surface area contributed by atoms with Crippen molar-refractivity contribution < 1.29 is 9.18 Å². The van der Waals surface area contributed by atoms with Gasteiger partial charge in [-0.15, -0.1) is 0 Å². The molecule has 0 radical (unpaired) electrons. The van der Waals surface area contributed by atoms with Gasteiger partial charge in [0.1, 0.15) is 5.82 Å². The zero-order valence-corrected chi connectivity index (χ0v) is 11.0. The maximum Gasteiger partial charge on any atom is 0.185 e. The minimum Gasteiger partial charge on any atom is -0.289 e. The number of halogens is 1. The highest BCUT2D eigenvalue weighted by Gasteiger charge is 2.09. The van der Waals surface area contributed by atoms with Crippen LogP contribution in [-0.4, -0.2) is 5.78 Å². The number of carbonyl (C=O) groups excluding carboxylic acids is 1. The molecule has 0 aliphatic carbocycles. The first kappa shape index (κ1) is 13.2. The van der Waals surface area contributed by atoms with Crippen LogP contribution in [-0.2, 0) is 0 Å². The third-order valence-corrected chi connectivity index (χ3v) is 2.76. The zero-order chi connectivity index (χ0) is 13.8. The van der Waals surface area contributed by atoms with Gasteiger partial charge in [0.2, 0.25) is 0 Å². The largest absolute Gasteiger partial charge is 0.289 e. The van der Waals surface area contributed by atoms with E-state index in [1.807, 2.05) is 44.2 Å². The first-order chi connectivity index (χ1) is 9.08. The van der Waals surface area contributed by atoms with Gasteiger partial charge in [-0.3, -0.25) is 4.79 Å². The van der Waals surface area contributed by atoms with E-state index in [4.69, 9.17) is 0 Å². The van der Waals surface area contributed by atoms with Crippen LogP contribution >= 0.6 is 0 Å². The van der Waals surface area contributed by atoms with E-state index >= 15 is 0 Å². The summed E-state index contributed by atoms with van der Waals surface area (Å²) in [6.07, 6.45) is 1.51. The van der Waals surface area contributed by atoms with Crippen LogP contribution in [0.15, 0.2) is 60.2 Å². The number of hydrogen-bond donors (Lipinski definition) is 0. The van der Waals surface area contributed by atoms with E-state index in [2.05, 4.69) is 0 Å². The molecule has 2 aromatic rings. The van der Waals surface area contributed by atoms with E-state index in [1.165, 1.54) is 12.1 Å². The molecule has 0 amide bonds. The van der Waals surface area contributed by atoms with Crippen molar-refractivity contribution in [3.63, 3.8) is 0 Å². The third kappa shape index (κ3) is 3.16. The second kappa shape index (κ2) is 5.61. The summed E-state index contributed by atoms with van der Waals surface area (Å²) in [7, 11) is 0. The fourth-order valence-electron chi connectivity index (χ4n) is 1.87. The van der Waals surface area contributed by atoms with Crippen LogP contribution in [0.25, 0.3) is 11.1 Å². The predicted molar refractivity (Wildman–Crippen MR) is 75.6 cm³/mol. The number of carbonyl (C=O) groups is 1. The lowest BCUT2D eigenvalue weighted by atomic mass is 10.0. The Balaban J connectivity index is 2.38. The minimum absolute atomic E-state index is 0.168. The summed E-state index contributed by atoms with van der Waals surface area (Å²) in [5.74, 6) is -0.544. The molecular formula is C17H15FO. The molecule has 96 valence electrons. The Kier molecular flexibility index (Phi) is 3.91. The van der Waals surface area contributed by atoms with E-state index in [-0.39, 0.29) is 11.6 Å². The number of benzene rings is 2.